The fraction of sp³-hybridized carbons (Fsp3) is 0.409. The van der Waals surface area contributed by atoms with Gasteiger partial charge in [-0.2, -0.15) is 0 Å². The van der Waals surface area contributed by atoms with Crippen LogP contribution in [-0.2, 0) is 16.0 Å². The van der Waals surface area contributed by atoms with Crippen LogP contribution in [0.4, 0.5) is 0 Å². The number of benzene rings is 2. The van der Waals surface area contributed by atoms with Crippen LogP contribution < -0.4 is 4.74 Å². The van der Waals surface area contributed by atoms with E-state index in [-0.39, 0.29) is 5.97 Å². The summed E-state index contributed by atoms with van der Waals surface area (Å²) >= 11 is 5.92. The normalized spacial score (nSPS) is 13.3. The largest absolute Gasteiger partial charge is 0.476 e. The lowest BCUT2D eigenvalue weighted by atomic mass is 10.0. The Balaban J connectivity index is 2.02. The van der Waals surface area contributed by atoms with Gasteiger partial charge in [0.2, 0.25) is 5.60 Å². The topological polar surface area (TPSA) is 35.5 Å². The Labute approximate surface area is 161 Å². The third-order valence-corrected chi connectivity index (χ3v) is 4.49. The van der Waals surface area contributed by atoms with Gasteiger partial charge in [0.05, 0.1) is 6.61 Å². The molecule has 1 atom stereocenters. The summed E-state index contributed by atoms with van der Waals surface area (Å²) in [6.07, 6.45) is 1.36. The molecule has 0 bridgehead atoms. The zero-order valence-electron chi connectivity index (χ0n) is 15.9. The summed E-state index contributed by atoms with van der Waals surface area (Å²) in [4.78, 5) is 12.4. The molecule has 2 rings (SSSR count). The monoisotopic (exact) mass is 374 g/mol. The SMILES string of the molecule is CCC(C)(Oc1ccc(Cc2ccc(Cl)cc2)cc1)C(=O)OCC(C)C. The second-order valence-corrected chi connectivity index (χ2v) is 7.56. The molecule has 0 radical (unpaired) electrons. The molecule has 2 aromatic rings. The Morgan fingerprint density at radius 3 is 2.08 bits per heavy atom. The van der Waals surface area contributed by atoms with E-state index in [1.54, 1.807) is 6.92 Å². The first-order chi connectivity index (χ1) is 12.3. The van der Waals surface area contributed by atoms with Gasteiger partial charge >= 0.3 is 5.97 Å². The number of ether oxygens (including phenoxy) is 2. The Kier molecular flexibility index (Phi) is 7.10. The minimum absolute atomic E-state index is 0.298. The molecule has 0 heterocycles. The highest BCUT2D eigenvalue weighted by Crippen LogP contribution is 2.24. The maximum Gasteiger partial charge on any atom is 0.350 e. The van der Waals surface area contributed by atoms with Gasteiger partial charge < -0.3 is 9.47 Å². The van der Waals surface area contributed by atoms with Gasteiger partial charge in [0.25, 0.3) is 0 Å². The molecule has 1 unspecified atom stereocenters. The van der Waals surface area contributed by atoms with Crippen molar-refractivity contribution in [2.75, 3.05) is 6.61 Å². The van der Waals surface area contributed by atoms with Crippen LogP contribution in [0.5, 0.6) is 5.75 Å². The van der Waals surface area contributed by atoms with Crippen molar-refractivity contribution in [2.45, 2.75) is 46.1 Å². The zero-order chi connectivity index (χ0) is 19.2. The van der Waals surface area contributed by atoms with Crippen molar-refractivity contribution >= 4 is 17.6 Å². The first-order valence-electron chi connectivity index (χ1n) is 9.02. The molecular formula is C22H27ClO3. The smallest absolute Gasteiger partial charge is 0.350 e. The molecule has 0 aliphatic carbocycles. The first-order valence-corrected chi connectivity index (χ1v) is 9.40. The maximum absolute atomic E-state index is 12.4. The van der Waals surface area contributed by atoms with Gasteiger partial charge in [-0.3, -0.25) is 0 Å². The predicted octanol–water partition coefficient (Wildman–Crippen LogP) is 5.68. The molecule has 0 fully saturated rings. The van der Waals surface area contributed by atoms with Crippen molar-refractivity contribution < 1.29 is 14.3 Å². The van der Waals surface area contributed by atoms with Gasteiger partial charge in [-0.05, 0) is 61.1 Å². The highest BCUT2D eigenvalue weighted by atomic mass is 35.5. The lowest BCUT2D eigenvalue weighted by molar-refractivity contribution is -0.162. The Morgan fingerprint density at radius 1 is 1.04 bits per heavy atom. The summed E-state index contributed by atoms with van der Waals surface area (Å²) in [5, 5.41) is 0.737. The molecule has 0 saturated carbocycles. The maximum atomic E-state index is 12.4. The second kappa shape index (κ2) is 9.09. The molecule has 0 aromatic heterocycles. The molecule has 0 aliphatic heterocycles. The lowest BCUT2D eigenvalue weighted by Gasteiger charge is -2.27. The highest BCUT2D eigenvalue weighted by Gasteiger charge is 2.35. The van der Waals surface area contributed by atoms with Gasteiger partial charge in [-0.25, -0.2) is 4.79 Å². The zero-order valence-corrected chi connectivity index (χ0v) is 16.7. The Bertz CT molecular complexity index is 707. The summed E-state index contributed by atoms with van der Waals surface area (Å²) in [5.41, 5.74) is 1.38. The first kappa shape index (κ1) is 20.3. The van der Waals surface area contributed by atoms with E-state index in [1.807, 2.05) is 69.3 Å². The number of hydrogen-bond acceptors (Lipinski definition) is 3. The molecule has 2 aromatic carbocycles. The lowest BCUT2D eigenvalue weighted by Crippen LogP contribution is -2.42. The molecule has 4 heteroatoms. The second-order valence-electron chi connectivity index (χ2n) is 7.13. The third kappa shape index (κ3) is 5.77. The van der Waals surface area contributed by atoms with Crippen molar-refractivity contribution in [1.29, 1.82) is 0 Å². The van der Waals surface area contributed by atoms with Gasteiger partial charge in [0.1, 0.15) is 5.75 Å². The standard InChI is InChI=1S/C22H27ClO3/c1-5-22(4,21(24)25-15-16(2)3)26-20-12-8-18(9-13-20)14-17-6-10-19(23)11-7-17/h6-13,16H,5,14-15H2,1-4H3. The molecule has 26 heavy (non-hydrogen) atoms. The van der Waals surface area contributed by atoms with Crippen LogP contribution in [0.2, 0.25) is 5.02 Å². The van der Waals surface area contributed by atoms with E-state index in [1.165, 1.54) is 11.1 Å². The van der Waals surface area contributed by atoms with Crippen LogP contribution >= 0.6 is 11.6 Å². The summed E-state index contributed by atoms with van der Waals surface area (Å²) in [5.74, 6) is 0.641. The predicted molar refractivity (Wildman–Crippen MR) is 106 cm³/mol. The quantitative estimate of drug-likeness (QED) is 0.558. The van der Waals surface area contributed by atoms with Gasteiger partial charge in [0, 0.05) is 5.02 Å². The highest BCUT2D eigenvalue weighted by molar-refractivity contribution is 6.30. The Morgan fingerprint density at radius 2 is 1.58 bits per heavy atom. The van der Waals surface area contributed by atoms with Crippen LogP contribution in [-0.4, -0.2) is 18.2 Å². The van der Waals surface area contributed by atoms with Crippen molar-refractivity contribution in [3.05, 3.63) is 64.7 Å². The minimum atomic E-state index is -0.980. The summed E-state index contributed by atoms with van der Waals surface area (Å²) in [6, 6.07) is 15.6. The summed E-state index contributed by atoms with van der Waals surface area (Å²) < 4.78 is 11.3. The number of rotatable bonds is 8. The molecule has 0 amide bonds. The van der Waals surface area contributed by atoms with E-state index in [4.69, 9.17) is 21.1 Å². The van der Waals surface area contributed by atoms with E-state index < -0.39 is 5.60 Å². The molecule has 3 nitrogen and oxygen atoms in total. The van der Waals surface area contributed by atoms with Gasteiger partial charge in [-0.15, -0.1) is 0 Å². The van der Waals surface area contributed by atoms with E-state index in [0.29, 0.717) is 24.7 Å². The van der Waals surface area contributed by atoms with E-state index in [0.717, 1.165) is 11.4 Å². The third-order valence-electron chi connectivity index (χ3n) is 4.24. The van der Waals surface area contributed by atoms with Crippen molar-refractivity contribution in [1.82, 2.24) is 0 Å². The summed E-state index contributed by atoms with van der Waals surface area (Å²) in [6.45, 7) is 8.12. The van der Waals surface area contributed by atoms with Crippen LogP contribution in [0.15, 0.2) is 48.5 Å². The number of carbonyl (C=O) groups excluding carboxylic acids is 1. The molecular weight excluding hydrogens is 348 g/mol. The fourth-order valence-electron chi connectivity index (χ4n) is 2.43. The molecule has 140 valence electrons. The number of carbonyl (C=O) groups is 1. The van der Waals surface area contributed by atoms with Crippen molar-refractivity contribution in [3.8, 4) is 5.75 Å². The molecule has 0 saturated heterocycles. The summed E-state index contributed by atoms with van der Waals surface area (Å²) in [7, 11) is 0. The van der Waals surface area contributed by atoms with Crippen LogP contribution in [0, 0.1) is 5.92 Å². The Hall–Kier alpha value is -2.00. The fourth-order valence-corrected chi connectivity index (χ4v) is 2.55. The van der Waals surface area contributed by atoms with Crippen LogP contribution in [0.1, 0.15) is 45.2 Å². The average Bonchev–Trinajstić information content (AvgIpc) is 2.63. The number of hydrogen-bond donors (Lipinski definition) is 0. The van der Waals surface area contributed by atoms with E-state index in [2.05, 4.69) is 0 Å². The molecule has 0 aliphatic rings. The molecule has 0 N–H and O–H groups in total. The molecule has 0 spiro atoms. The van der Waals surface area contributed by atoms with Crippen molar-refractivity contribution in [2.24, 2.45) is 5.92 Å². The number of halogens is 1. The van der Waals surface area contributed by atoms with Crippen LogP contribution in [0.3, 0.4) is 0 Å². The van der Waals surface area contributed by atoms with E-state index in [9.17, 15) is 4.79 Å². The van der Waals surface area contributed by atoms with Gasteiger partial charge in [-0.1, -0.05) is 56.6 Å². The van der Waals surface area contributed by atoms with Gasteiger partial charge in [0.15, 0.2) is 0 Å². The minimum Gasteiger partial charge on any atom is -0.476 e. The van der Waals surface area contributed by atoms with E-state index >= 15 is 0 Å². The van der Waals surface area contributed by atoms with Crippen LogP contribution in [0.25, 0.3) is 0 Å². The average molecular weight is 375 g/mol. The van der Waals surface area contributed by atoms with Crippen molar-refractivity contribution in [3.63, 3.8) is 0 Å². The number of esters is 1.